The van der Waals surface area contributed by atoms with E-state index in [0.717, 1.165) is 17.1 Å². The van der Waals surface area contributed by atoms with Gasteiger partial charge in [-0.15, -0.1) is 5.10 Å². The maximum Gasteiger partial charge on any atom is 0.248 e. The Labute approximate surface area is 167 Å². The first-order chi connectivity index (χ1) is 14.2. The largest absolute Gasteiger partial charge is 0.494 e. The van der Waals surface area contributed by atoms with Gasteiger partial charge in [-0.3, -0.25) is 0 Å². The van der Waals surface area contributed by atoms with Crippen LogP contribution in [0.1, 0.15) is 6.92 Å². The van der Waals surface area contributed by atoms with E-state index >= 15 is 0 Å². The molecule has 4 aromatic rings. The van der Waals surface area contributed by atoms with Crippen molar-refractivity contribution in [2.24, 2.45) is 0 Å². The summed E-state index contributed by atoms with van der Waals surface area (Å²) >= 11 is 0. The lowest BCUT2D eigenvalue weighted by Crippen LogP contribution is -2.06. The SMILES string of the molecule is CCOc1cccc(Nc2nc(N)n(-c3cc(Nc4ccccc4)ncn3)n2)c1. The Morgan fingerprint density at radius 1 is 0.966 bits per heavy atom. The van der Waals surface area contributed by atoms with E-state index in [2.05, 4.69) is 30.7 Å². The fourth-order valence-electron chi connectivity index (χ4n) is 2.71. The number of rotatable bonds is 7. The van der Waals surface area contributed by atoms with Crippen molar-refractivity contribution in [2.45, 2.75) is 6.92 Å². The fourth-order valence-corrected chi connectivity index (χ4v) is 2.71. The molecule has 0 atom stereocenters. The monoisotopic (exact) mass is 388 g/mol. The van der Waals surface area contributed by atoms with Crippen molar-refractivity contribution >= 4 is 29.1 Å². The van der Waals surface area contributed by atoms with Crippen LogP contribution in [-0.4, -0.2) is 31.3 Å². The molecule has 0 radical (unpaired) electrons. The summed E-state index contributed by atoms with van der Waals surface area (Å²) in [6.07, 6.45) is 1.44. The Morgan fingerprint density at radius 3 is 2.62 bits per heavy atom. The number of benzene rings is 2. The zero-order chi connectivity index (χ0) is 20.1. The van der Waals surface area contributed by atoms with Gasteiger partial charge < -0.3 is 21.1 Å². The van der Waals surface area contributed by atoms with Gasteiger partial charge in [0.1, 0.15) is 17.9 Å². The number of aromatic nitrogens is 5. The molecule has 0 amide bonds. The van der Waals surface area contributed by atoms with Crippen molar-refractivity contribution in [3.63, 3.8) is 0 Å². The smallest absolute Gasteiger partial charge is 0.248 e. The van der Waals surface area contributed by atoms with Crippen LogP contribution in [0.25, 0.3) is 5.82 Å². The van der Waals surface area contributed by atoms with Gasteiger partial charge in [-0.25, -0.2) is 9.97 Å². The van der Waals surface area contributed by atoms with Crippen LogP contribution < -0.4 is 21.1 Å². The molecule has 0 aliphatic heterocycles. The molecule has 0 aliphatic carbocycles. The molecule has 146 valence electrons. The molecular formula is C20H20N8O. The van der Waals surface area contributed by atoms with Crippen molar-refractivity contribution < 1.29 is 4.74 Å². The van der Waals surface area contributed by atoms with E-state index in [-0.39, 0.29) is 5.95 Å². The number of para-hydroxylation sites is 1. The van der Waals surface area contributed by atoms with Gasteiger partial charge in [0.25, 0.3) is 0 Å². The van der Waals surface area contributed by atoms with E-state index in [4.69, 9.17) is 10.5 Å². The maximum atomic E-state index is 6.05. The Morgan fingerprint density at radius 2 is 1.79 bits per heavy atom. The summed E-state index contributed by atoms with van der Waals surface area (Å²) in [7, 11) is 0. The summed E-state index contributed by atoms with van der Waals surface area (Å²) in [5, 5.41) is 10.8. The molecule has 0 fully saturated rings. The van der Waals surface area contributed by atoms with Crippen LogP contribution in [0.4, 0.5) is 29.1 Å². The van der Waals surface area contributed by atoms with E-state index in [1.54, 1.807) is 6.07 Å². The van der Waals surface area contributed by atoms with Crippen LogP contribution >= 0.6 is 0 Å². The zero-order valence-electron chi connectivity index (χ0n) is 15.8. The lowest BCUT2D eigenvalue weighted by molar-refractivity contribution is 0.340. The van der Waals surface area contributed by atoms with Crippen LogP contribution in [0.2, 0.25) is 0 Å². The molecule has 9 nitrogen and oxygen atoms in total. The minimum Gasteiger partial charge on any atom is -0.494 e. The van der Waals surface area contributed by atoms with Crippen molar-refractivity contribution in [1.82, 2.24) is 24.7 Å². The third-order valence-corrected chi connectivity index (χ3v) is 3.95. The molecule has 4 N–H and O–H groups in total. The first-order valence-electron chi connectivity index (χ1n) is 9.08. The van der Waals surface area contributed by atoms with Gasteiger partial charge in [-0.1, -0.05) is 24.3 Å². The van der Waals surface area contributed by atoms with Gasteiger partial charge in [0, 0.05) is 23.5 Å². The topological polar surface area (TPSA) is 116 Å². The van der Waals surface area contributed by atoms with Crippen molar-refractivity contribution in [3.8, 4) is 11.6 Å². The third kappa shape index (κ3) is 4.41. The predicted molar refractivity (Wildman–Crippen MR) is 112 cm³/mol. The lowest BCUT2D eigenvalue weighted by Gasteiger charge is -2.07. The van der Waals surface area contributed by atoms with Crippen LogP contribution in [0, 0.1) is 0 Å². The molecule has 0 bridgehead atoms. The average molecular weight is 388 g/mol. The molecular weight excluding hydrogens is 368 g/mol. The molecule has 0 aliphatic rings. The number of nitrogens with zero attached hydrogens (tertiary/aromatic N) is 5. The van der Waals surface area contributed by atoms with Crippen molar-refractivity contribution in [3.05, 3.63) is 67.0 Å². The summed E-state index contributed by atoms with van der Waals surface area (Å²) < 4.78 is 6.96. The van der Waals surface area contributed by atoms with Gasteiger partial charge in [-0.2, -0.15) is 9.67 Å². The van der Waals surface area contributed by atoms with Crippen molar-refractivity contribution in [1.29, 1.82) is 0 Å². The minimum atomic E-state index is 0.206. The zero-order valence-corrected chi connectivity index (χ0v) is 15.8. The van der Waals surface area contributed by atoms with Crippen LogP contribution in [0.5, 0.6) is 5.75 Å². The molecule has 0 spiro atoms. The molecule has 0 saturated carbocycles. The Kier molecular flexibility index (Phi) is 5.19. The highest BCUT2D eigenvalue weighted by Gasteiger charge is 2.11. The average Bonchev–Trinajstić information content (AvgIpc) is 3.09. The maximum absolute atomic E-state index is 6.05. The first-order valence-corrected chi connectivity index (χ1v) is 9.08. The number of hydrogen-bond acceptors (Lipinski definition) is 8. The van der Waals surface area contributed by atoms with Gasteiger partial charge in [0.2, 0.25) is 11.9 Å². The molecule has 2 aromatic carbocycles. The minimum absolute atomic E-state index is 0.206. The van der Waals surface area contributed by atoms with Gasteiger partial charge in [0.05, 0.1) is 6.61 Å². The number of ether oxygens (including phenoxy) is 1. The molecule has 0 saturated heterocycles. The predicted octanol–water partition coefficient (Wildman–Crippen LogP) is 3.53. The molecule has 2 aromatic heterocycles. The third-order valence-electron chi connectivity index (χ3n) is 3.95. The van der Waals surface area contributed by atoms with E-state index in [0.29, 0.717) is 24.2 Å². The Balaban J connectivity index is 1.55. The van der Waals surface area contributed by atoms with E-state index < -0.39 is 0 Å². The second-order valence-electron chi connectivity index (χ2n) is 6.04. The summed E-state index contributed by atoms with van der Waals surface area (Å²) in [6, 6.07) is 19.0. The molecule has 4 rings (SSSR count). The molecule has 0 unspecified atom stereocenters. The van der Waals surface area contributed by atoms with Gasteiger partial charge >= 0.3 is 0 Å². The van der Waals surface area contributed by atoms with E-state index in [1.165, 1.54) is 11.0 Å². The molecule has 2 heterocycles. The fraction of sp³-hybridized carbons (Fsp3) is 0.100. The van der Waals surface area contributed by atoms with Crippen LogP contribution in [0.15, 0.2) is 67.0 Å². The second kappa shape index (κ2) is 8.26. The standard InChI is InChI=1S/C20H20N8O/c1-2-29-16-10-6-9-15(11-16)25-20-26-19(21)28(27-20)18-12-17(22-13-23-18)24-14-7-4-3-5-8-14/h3-13H,2H2,1H3,(H,22,23,24)(H3,21,25,26,27). The number of nitrogens with two attached hydrogens (primary N) is 1. The Hall–Kier alpha value is -4.14. The molecule has 29 heavy (non-hydrogen) atoms. The Bertz CT molecular complexity index is 1100. The van der Waals surface area contributed by atoms with Crippen molar-refractivity contribution in [2.75, 3.05) is 23.0 Å². The quantitative estimate of drug-likeness (QED) is 0.440. The van der Waals surface area contributed by atoms with Crippen LogP contribution in [-0.2, 0) is 0 Å². The summed E-state index contributed by atoms with van der Waals surface area (Å²) in [5.74, 6) is 2.44. The second-order valence-corrected chi connectivity index (χ2v) is 6.04. The van der Waals surface area contributed by atoms with Crippen LogP contribution in [0.3, 0.4) is 0 Å². The summed E-state index contributed by atoms with van der Waals surface area (Å²) in [5.41, 5.74) is 7.76. The highest BCUT2D eigenvalue weighted by Crippen LogP contribution is 2.22. The van der Waals surface area contributed by atoms with Gasteiger partial charge in [0.15, 0.2) is 5.82 Å². The number of nitrogen functional groups attached to an aromatic ring is 1. The molecule has 9 heteroatoms. The lowest BCUT2D eigenvalue weighted by atomic mass is 10.3. The summed E-state index contributed by atoms with van der Waals surface area (Å²) in [6.45, 7) is 2.53. The van der Waals surface area contributed by atoms with E-state index in [9.17, 15) is 0 Å². The normalized spacial score (nSPS) is 10.5. The first kappa shape index (κ1) is 18.2. The number of anilines is 5. The van der Waals surface area contributed by atoms with E-state index in [1.807, 2.05) is 61.5 Å². The van der Waals surface area contributed by atoms with Gasteiger partial charge in [-0.05, 0) is 31.2 Å². The number of nitrogens with one attached hydrogen (secondary N) is 2. The highest BCUT2D eigenvalue weighted by atomic mass is 16.5. The number of hydrogen-bond donors (Lipinski definition) is 3. The highest BCUT2D eigenvalue weighted by molar-refractivity contribution is 5.59. The summed E-state index contributed by atoms with van der Waals surface area (Å²) in [4.78, 5) is 12.8.